The zero-order valence-electron chi connectivity index (χ0n) is 25.7. The molecule has 1 aromatic carbocycles. The Hall–Kier alpha value is -3.82. The van der Waals surface area contributed by atoms with Crippen LogP contribution >= 0.6 is 0 Å². The van der Waals surface area contributed by atoms with E-state index in [4.69, 9.17) is 14.2 Å². The van der Waals surface area contributed by atoms with Crippen LogP contribution in [-0.4, -0.2) is 72.3 Å². The summed E-state index contributed by atoms with van der Waals surface area (Å²) in [5.74, 6) is -1.10. The molecule has 2 aliphatic rings. The molecule has 0 aliphatic carbocycles. The number of alkyl carbamates (subject to hydrolysis) is 1. The summed E-state index contributed by atoms with van der Waals surface area (Å²) in [5.41, 5.74) is 2.23. The van der Waals surface area contributed by atoms with Gasteiger partial charge in [0.1, 0.15) is 18.2 Å². The molecule has 10 heteroatoms. The summed E-state index contributed by atoms with van der Waals surface area (Å²) < 4.78 is 16.2. The summed E-state index contributed by atoms with van der Waals surface area (Å²) in [6, 6.07) is 4.00. The molecule has 1 saturated heterocycles. The largest absolute Gasteiger partial charge is 0.467 e. The van der Waals surface area contributed by atoms with Crippen molar-refractivity contribution >= 4 is 24.1 Å². The first-order valence-electron chi connectivity index (χ1n) is 14.3. The normalized spacial score (nSPS) is 19.0. The lowest BCUT2D eigenvalue weighted by Gasteiger charge is -2.35. The maximum atomic E-state index is 13.9. The fourth-order valence-electron chi connectivity index (χ4n) is 5.35. The third-order valence-corrected chi connectivity index (χ3v) is 7.66. The van der Waals surface area contributed by atoms with E-state index in [-0.39, 0.29) is 25.0 Å². The highest BCUT2D eigenvalue weighted by atomic mass is 16.6. The first-order valence-corrected chi connectivity index (χ1v) is 14.3. The van der Waals surface area contributed by atoms with Crippen LogP contribution in [0.1, 0.15) is 64.2 Å². The molecule has 0 radical (unpaired) electrons. The molecule has 2 heterocycles. The summed E-state index contributed by atoms with van der Waals surface area (Å²) >= 11 is 0. The van der Waals surface area contributed by atoms with Crippen LogP contribution in [0.15, 0.2) is 43.5 Å². The predicted molar refractivity (Wildman–Crippen MR) is 158 cm³/mol. The number of esters is 1. The second-order valence-electron chi connectivity index (χ2n) is 12.9. The summed E-state index contributed by atoms with van der Waals surface area (Å²) in [6.45, 7) is 17.8. The van der Waals surface area contributed by atoms with E-state index < -0.39 is 47.7 Å². The molecular formula is C32H45N3O7. The molecule has 3 atom stereocenters. The maximum absolute atomic E-state index is 13.9. The van der Waals surface area contributed by atoms with Gasteiger partial charge in [-0.2, -0.15) is 0 Å². The van der Waals surface area contributed by atoms with E-state index in [1.807, 2.05) is 58.9 Å². The van der Waals surface area contributed by atoms with Crippen LogP contribution in [-0.2, 0) is 43.3 Å². The van der Waals surface area contributed by atoms with Crippen molar-refractivity contribution in [3.05, 3.63) is 60.2 Å². The highest BCUT2D eigenvalue weighted by Crippen LogP contribution is 2.31. The van der Waals surface area contributed by atoms with Gasteiger partial charge in [0.05, 0.1) is 20.3 Å². The Bertz CT molecular complexity index is 1200. The van der Waals surface area contributed by atoms with Crippen molar-refractivity contribution in [2.24, 2.45) is 10.8 Å². The molecule has 1 fully saturated rings. The molecule has 0 spiro atoms. The van der Waals surface area contributed by atoms with E-state index in [0.29, 0.717) is 25.9 Å². The van der Waals surface area contributed by atoms with Crippen molar-refractivity contribution in [3.8, 4) is 0 Å². The maximum Gasteiger partial charge on any atom is 0.410 e. The molecule has 0 aromatic heterocycles. The Kier molecular flexibility index (Phi) is 10.5. The molecule has 0 unspecified atom stereocenters. The Morgan fingerprint density at radius 1 is 1.10 bits per heavy atom. The van der Waals surface area contributed by atoms with Gasteiger partial charge in [-0.1, -0.05) is 65.0 Å². The second kappa shape index (κ2) is 13.4. The van der Waals surface area contributed by atoms with Crippen molar-refractivity contribution in [2.75, 3.05) is 20.3 Å². The molecule has 42 heavy (non-hydrogen) atoms. The standard InChI is InChI=1S/C32H45N3O7/c1-9-12-21-13-11-14-22-17-34(19-24(21)22)30(39)42-23-16-25(28(37)40-8)35(18-23)27(36)26(31(3,4)5)33-29(38)41-20-32(6,7)15-10-2/h9-11,13-14,23,25-26H,1-2,12,15-20H2,3-8H3,(H,33,38)/t23-,25+,26-/m1/s1. The molecule has 0 bridgehead atoms. The van der Waals surface area contributed by atoms with Gasteiger partial charge in [0.15, 0.2) is 0 Å². The van der Waals surface area contributed by atoms with Gasteiger partial charge in [0, 0.05) is 24.9 Å². The average molecular weight is 584 g/mol. The first-order chi connectivity index (χ1) is 19.7. The molecule has 3 rings (SSSR count). The van der Waals surface area contributed by atoms with Gasteiger partial charge in [-0.15, -0.1) is 13.2 Å². The van der Waals surface area contributed by atoms with Crippen LogP contribution in [0.25, 0.3) is 0 Å². The van der Waals surface area contributed by atoms with Crippen LogP contribution in [0.2, 0.25) is 0 Å². The van der Waals surface area contributed by atoms with Crippen molar-refractivity contribution in [1.82, 2.24) is 15.1 Å². The van der Waals surface area contributed by atoms with Crippen molar-refractivity contribution in [3.63, 3.8) is 0 Å². The van der Waals surface area contributed by atoms with E-state index in [2.05, 4.69) is 18.5 Å². The van der Waals surface area contributed by atoms with Gasteiger partial charge in [-0.25, -0.2) is 14.4 Å². The lowest BCUT2D eigenvalue weighted by Crippen LogP contribution is -2.57. The Balaban J connectivity index is 1.71. The summed E-state index contributed by atoms with van der Waals surface area (Å²) in [7, 11) is 1.24. The average Bonchev–Trinajstić information content (AvgIpc) is 3.55. The van der Waals surface area contributed by atoms with E-state index in [1.54, 1.807) is 11.0 Å². The SMILES string of the molecule is C=CCc1cccc2c1CN(C(=O)O[C@@H]1C[C@@H](C(=O)OC)N(C(=O)[C@@H](NC(=O)OCC(C)(C)CC=C)C(C)(C)C)C1)C2. The van der Waals surface area contributed by atoms with Gasteiger partial charge in [-0.3, -0.25) is 9.69 Å². The zero-order chi connectivity index (χ0) is 31.2. The number of nitrogens with zero attached hydrogens (tertiary/aromatic N) is 2. The van der Waals surface area contributed by atoms with Crippen LogP contribution in [0, 0.1) is 10.8 Å². The van der Waals surface area contributed by atoms with Crippen molar-refractivity contribution in [1.29, 1.82) is 0 Å². The third-order valence-electron chi connectivity index (χ3n) is 7.66. The minimum Gasteiger partial charge on any atom is -0.467 e. The highest BCUT2D eigenvalue weighted by Gasteiger charge is 2.47. The molecule has 1 aromatic rings. The molecule has 230 valence electrons. The number of amides is 3. The van der Waals surface area contributed by atoms with E-state index in [1.165, 1.54) is 12.0 Å². The van der Waals surface area contributed by atoms with E-state index >= 15 is 0 Å². The van der Waals surface area contributed by atoms with Gasteiger partial charge >= 0.3 is 18.2 Å². The zero-order valence-corrected chi connectivity index (χ0v) is 25.7. The smallest absolute Gasteiger partial charge is 0.410 e. The number of likely N-dealkylation sites (tertiary alicyclic amines) is 1. The number of allylic oxidation sites excluding steroid dienone is 2. The van der Waals surface area contributed by atoms with E-state index in [9.17, 15) is 19.2 Å². The number of nitrogens with one attached hydrogen (secondary N) is 1. The third kappa shape index (κ3) is 7.92. The van der Waals surface area contributed by atoms with Crippen LogP contribution in [0.5, 0.6) is 0 Å². The minimum atomic E-state index is -1.01. The number of benzene rings is 1. The van der Waals surface area contributed by atoms with Gasteiger partial charge in [0.25, 0.3) is 0 Å². The predicted octanol–water partition coefficient (Wildman–Crippen LogP) is 4.75. The molecule has 10 nitrogen and oxygen atoms in total. The number of fused-ring (bicyclic) bond motifs is 1. The van der Waals surface area contributed by atoms with Crippen LogP contribution in [0.4, 0.5) is 9.59 Å². The Morgan fingerprint density at radius 2 is 1.81 bits per heavy atom. The molecule has 3 amide bonds. The topological polar surface area (TPSA) is 114 Å². The second-order valence-corrected chi connectivity index (χ2v) is 12.9. The Morgan fingerprint density at radius 3 is 2.43 bits per heavy atom. The van der Waals surface area contributed by atoms with Crippen molar-refractivity contribution < 1.29 is 33.4 Å². The summed E-state index contributed by atoms with van der Waals surface area (Å²) in [6.07, 6.45) is 3.05. The number of ether oxygens (including phenoxy) is 3. The number of rotatable bonds is 10. The number of carbonyl (C=O) groups is 4. The highest BCUT2D eigenvalue weighted by molar-refractivity contribution is 5.91. The van der Waals surface area contributed by atoms with Gasteiger partial charge in [0.2, 0.25) is 5.91 Å². The minimum absolute atomic E-state index is 0.0114. The summed E-state index contributed by atoms with van der Waals surface area (Å²) in [4.78, 5) is 55.5. The fraction of sp³-hybridized carbons (Fsp3) is 0.562. The molecule has 0 saturated carbocycles. The Labute approximate surface area is 249 Å². The van der Waals surface area contributed by atoms with E-state index in [0.717, 1.165) is 16.7 Å². The van der Waals surface area contributed by atoms with Crippen LogP contribution < -0.4 is 5.32 Å². The molecular weight excluding hydrogens is 538 g/mol. The fourth-order valence-corrected chi connectivity index (χ4v) is 5.35. The first kappa shape index (κ1) is 32.7. The quantitative estimate of drug-likeness (QED) is 0.240. The number of methoxy groups -OCH3 is 1. The lowest BCUT2D eigenvalue weighted by molar-refractivity contribution is -0.152. The molecule has 2 aliphatic heterocycles. The van der Waals surface area contributed by atoms with Gasteiger partial charge < -0.3 is 24.4 Å². The lowest BCUT2D eigenvalue weighted by atomic mass is 9.85. The summed E-state index contributed by atoms with van der Waals surface area (Å²) in [5, 5.41) is 2.70. The monoisotopic (exact) mass is 583 g/mol. The van der Waals surface area contributed by atoms with Gasteiger partial charge in [-0.05, 0) is 34.9 Å². The van der Waals surface area contributed by atoms with Crippen molar-refractivity contribution in [2.45, 2.75) is 85.2 Å². The molecule has 1 N–H and O–H groups in total. The number of carbonyl (C=O) groups excluding carboxylic acids is 4. The number of hydrogen-bond donors (Lipinski definition) is 1. The number of hydrogen-bond acceptors (Lipinski definition) is 7. The van der Waals surface area contributed by atoms with Crippen LogP contribution in [0.3, 0.4) is 0 Å².